The molecule has 0 radical (unpaired) electrons. The zero-order valence-corrected chi connectivity index (χ0v) is 13.1. The highest BCUT2D eigenvalue weighted by Gasteiger charge is 2.25. The van der Waals surface area contributed by atoms with E-state index in [1.54, 1.807) is 17.7 Å². The van der Waals surface area contributed by atoms with Crippen molar-refractivity contribution in [2.75, 3.05) is 30.4 Å². The van der Waals surface area contributed by atoms with E-state index in [1.807, 2.05) is 13.1 Å². The van der Waals surface area contributed by atoms with Crippen LogP contribution in [0.15, 0.2) is 29.9 Å². The monoisotopic (exact) mass is 303 g/mol. The van der Waals surface area contributed by atoms with Crippen molar-refractivity contribution in [3.63, 3.8) is 0 Å². The molecule has 1 aliphatic rings. The molecule has 0 saturated carbocycles. The Bertz CT molecular complexity index is 557. The van der Waals surface area contributed by atoms with Crippen LogP contribution in [0.2, 0.25) is 0 Å². The van der Waals surface area contributed by atoms with E-state index >= 15 is 0 Å². The van der Waals surface area contributed by atoms with Crippen molar-refractivity contribution in [1.82, 2.24) is 15.3 Å². The van der Waals surface area contributed by atoms with Gasteiger partial charge in [0.1, 0.15) is 18.0 Å². The van der Waals surface area contributed by atoms with Gasteiger partial charge in [-0.15, -0.1) is 11.3 Å². The lowest BCUT2D eigenvalue weighted by atomic mass is 10.2. The van der Waals surface area contributed by atoms with Crippen molar-refractivity contribution in [2.24, 2.45) is 0 Å². The molecule has 1 atom stereocenters. The van der Waals surface area contributed by atoms with E-state index < -0.39 is 0 Å². The highest BCUT2D eigenvalue weighted by Crippen LogP contribution is 2.24. The number of anilines is 2. The van der Waals surface area contributed by atoms with E-state index in [-0.39, 0.29) is 0 Å². The molecule has 3 rings (SSSR count). The Labute approximate surface area is 129 Å². The lowest BCUT2D eigenvalue weighted by Crippen LogP contribution is -2.38. The van der Waals surface area contributed by atoms with Crippen LogP contribution in [0, 0.1) is 0 Å². The molecule has 0 aliphatic carbocycles. The maximum Gasteiger partial charge on any atom is 0.134 e. The minimum Gasteiger partial charge on any atom is -0.373 e. The van der Waals surface area contributed by atoms with Gasteiger partial charge in [0.2, 0.25) is 0 Å². The Hall–Kier alpha value is -1.66. The summed E-state index contributed by atoms with van der Waals surface area (Å²) in [6.45, 7) is 3.02. The standard InChI is InChI=1S/C15H21N5S/c1-16-14-8-15(19-11-18-14)20-6-2-4-12(20)9-17-10-13-5-3-7-21-13/h3,5,7-8,11-12,17H,2,4,6,9-10H2,1H3,(H,16,18,19)/t12-/m0/s1. The summed E-state index contributed by atoms with van der Waals surface area (Å²) in [5, 5.41) is 8.77. The Morgan fingerprint density at radius 2 is 2.38 bits per heavy atom. The van der Waals surface area contributed by atoms with Crippen molar-refractivity contribution in [3.05, 3.63) is 34.8 Å². The van der Waals surface area contributed by atoms with E-state index in [0.717, 1.165) is 31.3 Å². The number of nitrogens with one attached hydrogen (secondary N) is 2. The maximum absolute atomic E-state index is 4.43. The first kappa shape index (κ1) is 14.3. The van der Waals surface area contributed by atoms with Gasteiger partial charge in [-0.3, -0.25) is 0 Å². The molecule has 0 aromatic carbocycles. The minimum absolute atomic E-state index is 0.518. The van der Waals surface area contributed by atoms with Gasteiger partial charge in [0.05, 0.1) is 0 Å². The van der Waals surface area contributed by atoms with Gasteiger partial charge in [0.25, 0.3) is 0 Å². The van der Waals surface area contributed by atoms with E-state index in [2.05, 4.69) is 43.0 Å². The molecule has 2 aromatic heterocycles. The van der Waals surface area contributed by atoms with Gasteiger partial charge in [-0.1, -0.05) is 6.07 Å². The predicted molar refractivity (Wildman–Crippen MR) is 88.0 cm³/mol. The quantitative estimate of drug-likeness (QED) is 0.858. The van der Waals surface area contributed by atoms with Crippen LogP contribution in [0.25, 0.3) is 0 Å². The van der Waals surface area contributed by atoms with E-state index in [0.29, 0.717) is 6.04 Å². The fourth-order valence-corrected chi connectivity index (χ4v) is 3.44. The van der Waals surface area contributed by atoms with Gasteiger partial charge in [-0.25, -0.2) is 9.97 Å². The summed E-state index contributed by atoms with van der Waals surface area (Å²) in [6, 6.07) is 6.82. The summed E-state index contributed by atoms with van der Waals surface area (Å²) in [4.78, 5) is 12.4. The smallest absolute Gasteiger partial charge is 0.134 e. The third-order valence-corrected chi connectivity index (χ3v) is 4.72. The van der Waals surface area contributed by atoms with Gasteiger partial charge in [0.15, 0.2) is 0 Å². The summed E-state index contributed by atoms with van der Waals surface area (Å²) in [6.07, 6.45) is 4.08. The average Bonchev–Trinajstić information content (AvgIpc) is 3.19. The van der Waals surface area contributed by atoms with Crippen molar-refractivity contribution in [3.8, 4) is 0 Å². The fourth-order valence-electron chi connectivity index (χ4n) is 2.77. The third kappa shape index (κ3) is 3.51. The SMILES string of the molecule is CNc1cc(N2CCC[C@H]2CNCc2cccs2)ncn1. The normalized spacial score (nSPS) is 18.1. The Morgan fingerprint density at radius 3 is 3.19 bits per heavy atom. The van der Waals surface area contributed by atoms with Crippen LogP contribution in [-0.2, 0) is 6.54 Å². The molecule has 2 N–H and O–H groups in total. The van der Waals surface area contributed by atoms with Gasteiger partial charge in [0, 0.05) is 43.7 Å². The number of hydrogen-bond donors (Lipinski definition) is 2. The molecule has 0 spiro atoms. The van der Waals surface area contributed by atoms with Crippen LogP contribution < -0.4 is 15.5 Å². The first-order valence-electron chi connectivity index (χ1n) is 7.36. The van der Waals surface area contributed by atoms with Crippen LogP contribution in [0.5, 0.6) is 0 Å². The second-order valence-electron chi connectivity index (χ2n) is 5.21. The van der Waals surface area contributed by atoms with E-state index in [4.69, 9.17) is 0 Å². The number of nitrogens with zero attached hydrogens (tertiary/aromatic N) is 3. The molecule has 3 heterocycles. The van der Waals surface area contributed by atoms with E-state index in [9.17, 15) is 0 Å². The molecule has 5 nitrogen and oxygen atoms in total. The predicted octanol–water partition coefficient (Wildman–Crippen LogP) is 2.34. The number of thiophene rings is 1. The average molecular weight is 303 g/mol. The van der Waals surface area contributed by atoms with Crippen molar-refractivity contribution in [2.45, 2.75) is 25.4 Å². The van der Waals surface area contributed by atoms with Gasteiger partial charge >= 0.3 is 0 Å². The van der Waals surface area contributed by atoms with Crippen molar-refractivity contribution >= 4 is 23.0 Å². The van der Waals surface area contributed by atoms with Gasteiger partial charge in [-0.05, 0) is 24.3 Å². The Morgan fingerprint density at radius 1 is 1.43 bits per heavy atom. The molecule has 2 aromatic rings. The summed E-state index contributed by atoms with van der Waals surface area (Å²) in [5.74, 6) is 1.90. The summed E-state index contributed by atoms with van der Waals surface area (Å²) in [7, 11) is 1.89. The number of hydrogen-bond acceptors (Lipinski definition) is 6. The lowest BCUT2D eigenvalue weighted by Gasteiger charge is -2.26. The van der Waals surface area contributed by atoms with Crippen LogP contribution in [0.4, 0.5) is 11.6 Å². The molecule has 112 valence electrons. The Kier molecular flexibility index (Phi) is 4.67. The summed E-state index contributed by atoms with van der Waals surface area (Å²) >= 11 is 1.80. The zero-order valence-electron chi connectivity index (χ0n) is 12.2. The molecule has 21 heavy (non-hydrogen) atoms. The molecular formula is C15H21N5S. The van der Waals surface area contributed by atoms with Gasteiger partial charge < -0.3 is 15.5 Å². The van der Waals surface area contributed by atoms with Crippen molar-refractivity contribution < 1.29 is 0 Å². The van der Waals surface area contributed by atoms with Crippen LogP contribution in [0.1, 0.15) is 17.7 Å². The largest absolute Gasteiger partial charge is 0.373 e. The first-order chi connectivity index (χ1) is 10.4. The van der Waals surface area contributed by atoms with Crippen LogP contribution >= 0.6 is 11.3 Å². The molecule has 1 aliphatic heterocycles. The molecule has 6 heteroatoms. The summed E-state index contributed by atoms with van der Waals surface area (Å²) in [5.41, 5.74) is 0. The Balaban J connectivity index is 1.59. The fraction of sp³-hybridized carbons (Fsp3) is 0.467. The number of aromatic nitrogens is 2. The second kappa shape index (κ2) is 6.87. The van der Waals surface area contributed by atoms with Crippen molar-refractivity contribution in [1.29, 1.82) is 0 Å². The van der Waals surface area contributed by atoms with E-state index in [1.165, 1.54) is 17.7 Å². The first-order valence-corrected chi connectivity index (χ1v) is 8.24. The zero-order chi connectivity index (χ0) is 14.5. The third-order valence-electron chi connectivity index (χ3n) is 3.84. The molecule has 0 amide bonds. The topological polar surface area (TPSA) is 53.1 Å². The highest BCUT2D eigenvalue weighted by molar-refractivity contribution is 7.09. The molecular weight excluding hydrogens is 282 g/mol. The molecule has 1 saturated heterocycles. The summed E-state index contributed by atoms with van der Waals surface area (Å²) < 4.78 is 0. The second-order valence-corrected chi connectivity index (χ2v) is 6.24. The van der Waals surface area contributed by atoms with Crippen LogP contribution in [-0.4, -0.2) is 36.1 Å². The number of rotatable bonds is 6. The lowest BCUT2D eigenvalue weighted by molar-refractivity contribution is 0.573. The maximum atomic E-state index is 4.43. The molecule has 1 fully saturated rings. The van der Waals surface area contributed by atoms with Crippen LogP contribution in [0.3, 0.4) is 0 Å². The van der Waals surface area contributed by atoms with Gasteiger partial charge in [-0.2, -0.15) is 0 Å². The molecule has 0 bridgehead atoms. The molecule has 0 unspecified atom stereocenters. The minimum atomic E-state index is 0.518. The highest BCUT2D eigenvalue weighted by atomic mass is 32.1.